The van der Waals surface area contributed by atoms with Crippen LogP contribution in [0.4, 0.5) is 0 Å². The molecule has 0 aliphatic heterocycles. The molecule has 3 nitrogen and oxygen atoms in total. The summed E-state index contributed by atoms with van der Waals surface area (Å²) in [7, 11) is 0. The Labute approximate surface area is 112 Å². The fourth-order valence-corrected chi connectivity index (χ4v) is 2.33. The first kappa shape index (κ1) is 11.8. The molecule has 0 aliphatic rings. The zero-order valence-electron chi connectivity index (χ0n) is 10.5. The lowest BCUT2D eigenvalue weighted by molar-refractivity contribution is 0.716. The minimum absolute atomic E-state index is 0.0768. The van der Waals surface area contributed by atoms with Crippen molar-refractivity contribution in [1.82, 2.24) is 9.97 Å². The fourth-order valence-electron chi connectivity index (χ4n) is 2.33. The highest BCUT2D eigenvalue weighted by Crippen LogP contribution is 2.22. The van der Waals surface area contributed by atoms with Crippen molar-refractivity contribution in [2.75, 3.05) is 0 Å². The van der Waals surface area contributed by atoms with E-state index in [2.05, 4.69) is 52.4 Å². The molecule has 0 spiro atoms. The molecule has 3 rings (SSSR count). The summed E-state index contributed by atoms with van der Waals surface area (Å²) in [6.45, 7) is 0. The van der Waals surface area contributed by atoms with E-state index < -0.39 is 0 Å². The summed E-state index contributed by atoms with van der Waals surface area (Å²) in [5.41, 5.74) is 8.46. The number of rotatable bonds is 3. The Morgan fingerprint density at radius 1 is 0.947 bits per heavy atom. The second-order valence-corrected chi connectivity index (χ2v) is 4.62. The number of hydrogen-bond acceptors (Lipinski definition) is 3. The van der Waals surface area contributed by atoms with Crippen molar-refractivity contribution in [2.45, 2.75) is 12.5 Å². The molecule has 1 aromatic heterocycles. The lowest BCUT2D eigenvalue weighted by Gasteiger charge is -2.13. The number of fused-ring (bicyclic) bond motifs is 1. The van der Waals surface area contributed by atoms with Gasteiger partial charge in [0.2, 0.25) is 0 Å². The molecule has 3 aromatic rings. The zero-order valence-corrected chi connectivity index (χ0v) is 10.5. The summed E-state index contributed by atoms with van der Waals surface area (Å²) in [5.74, 6) is 0. The van der Waals surface area contributed by atoms with Gasteiger partial charge in [-0.1, -0.05) is 42.5 Å². The van der Waals surface area contributed by atoms with Gasteiger partial charge in [-0.2, -0.15) is 0 Å². The molecule has 1 heterocycles. The smallest absolute Gasteiger partial charge is 0.115 e. The average Bonchev–Trinajstić information content (AvgIpc) is 2.48. The predicted octanol–water partition coefficient (Wildman–Crippen LogP) is 2.87. The Morgan fingerprint density at radius 2 is 1.68 bits per heavy atom. The Bertz CT molecular complexity index is 674. The molecule has 0 fully saturated rings. The van der Waals surface area contributed by atoms with Gasteiger partial charge in [-0.15, -0.1) is 0 Å². The zero-order chi connectivity index (χ0) is 13.1. The molecule has 19 heavy (non-hydrogen) atoms. The van der Waals surface area contributed by atoms with E-state index in [-0.39, 0.29) is 6.04 Å². The quantitative estimate of drug-likeness (QED) is 0.776. The van der Waals surface area contributed by atoms with E-state index in [9.17, 15) is 0 Å². The Hall–Kier alpha value is -2.26. The van der Waals surface area contributed by atoms with Crippen LogP contribution in [0.25, 0.3) is 10.8 Å². The molecular weight excluding hydrogens is 234 g/mol. The van der Waals surface area contributed by atoms with Crippen LogP contribution >= 0.6 is 0 Å². The van der Waals surface area contributed by atoms with Crippen molar-refractivity contribution < 1.29 is 0 Å². The molecule has 0 aliphatic carbocycles. The van der Waals surface area contributed by atoms with Crippen LogP contribution in [-0.2, 0) is 6.42 Å². The van der Waals surface area contributed by atoms with Gasteiger partial charge in [0.05, 0.1) is 0 Å². The second-order valence-electron chi connectivity index (χ2n) is 4.62. The fraction of sp³-hybridized carbons (Fsp3) is 0.125. The molecule has 94 valence electrons. The van der Waals surface area contributed by atoms with Crippen LogP contribution in [-0.4, -0.2) is 9.97 Å². The monoisotopic (exact) mass is 249 g/mol. The van der Waals surface area contributed by atoms with Crippen molar-refractivity contribution in [3.63, 3.8) is 0 Å². The first-order chi connectivity index (χ1) is 9.34. The highest BCUT2D eigenvalue weighted by atomic mass is 14.8. The van der Waals surface area contributed by atoms with Gasteiger partial charge in [0.15, 0.2) is 0 Å². The van der Waals surface area contributed by atoms with Gasteiger partial charge in [0, 0.05) is 24.0 Å². The lowest BCUT2D eigenvalue weighted by Crippen LogP contribution is -2.14. The van der Waals surface area contributed by atoms with E-state index in [4.69, 9.17) is 5.73 Å². The van der Waals surface area contributed by atoms with E-state index in [0.29, 0.717) is 0 Å². The average molecular weight is 249 g/mol. The van der Waals surface area contributed by atoms with Crippen LogP contribution in [0.15, 0.2) is 61.2 Å². The standard InChI is InChI=1S/C16H15N3/c17-16(14-9-18-11-19-10-14)8-13-6-3-5-12-4-1-2-7-15(12)13/h1-7,9-11,16H,8,17H2. The minimum Gasteiger partial charge on any atom is -0.324 e. The van der Waals surface area contributed by atoms with Crippen molar-refractivity contribution in [3.8, 4) is 0 Å². The third-order valence-corrected chi connectivity index (χ3v) is 3.33. The highest BCUT2D eigenvalue weighted by Gasteiger charge is 2.09. The maximum atomic E-state index is 6.24. The first-order valence-electron chi connectivity index (χ1n) is 6.32. The minimum atomic E-state index is -0.0768. The second kappa shape index (κ2) is 5.16. The third-order valence-electron chi connectivity index (χ3n) is 3.33. The van der Waals surface area contributed by atoms with Gasteiger partial charge in [0.25, 0.3) is 0 Å². The van der Waals surface area contributed by atoms with Gasteiger partial charge < -0.3 is 5.73 Å². The summed E-state index contributed by atoms with van der Waals surface area (Å²) in [6.07, 6.45) is 5.87. The topological polar surface area (TPSA) is 51.8 Å². The third kappa shape index (κ3) is 2.46. The van der Waals surface area contributed by atoms with Crippen LogP contribution < -0.4 is 5.73 Å². The summed E-state index contributed by atoms with van der Waals surface area (Å²) in [5, 5.41) is 2.51. The Balaban J connectivity index is 1.94. The van der Waals surface area contributed by atoms with Gasteiger partial charge in [0.1, 0.15) is 6.33 Å². The number of aromatic nitrogens is 2. The number of nitrogens with two attached hydrogens (primary N) is 1. The molecule has 0 saturated heterocycles. The van der Waals surface area contributed by atoms with E-state index in [1.807, 2.05) is 0 Å². The maximum absolute atomic E-state index is 6.24. The van der Waals surface area contributed by atoms with E-state index in [1.165, 1.54) is 22.7 Å². The SMILES string of the molecule is NC(Cc1cccc2ccccc12)c1cncnc1. The summed E-state index contributed by atoms with van der Waals surface area (Å²) in [6, 6.07) is 14.6. The molecule has 0 radical (unpaired) electrons. The molecule has 2 N–H and O–H groups in total. The van der Waals surface area contributed by atoms with E-state index in [1.54, 1.807) is 12.4 Å². The van der Waals surface area contributed by atoms with Crippen LogP contribution in [0.3, 0.4) is 0 Å². The van der Waals surface area contributed by atoms with E-state index in [0.717, 1.165) is 12.0 Å². The maximum Gasteiger partial charge on any atom is 0.115 e. The highest BCUT2D eigenvalue weighted by molar-refractivity contribution is 5.85. The first-order valence-corrected chi connectivity index (χ1v) is 6.32. The van der Waals surface area contributed by atoms with Crippen molar-refractivity contribution >= 4 is 10.8 Å². The largest absolute Gasteiger partial charge is 0.324 e. The molecule has 0 saturated carbocycles. The van der Waals surface area contributed by atoms with Gasteiger partial charge >= 0.3 is 0 Å². The molecule has 1 atom stereocenters. The van der Waals surface area contributed by atoms with Crippen LogP contribution in [0.1, 0.15) is 17.2 Å². The molecule has 1 unspecified atom stereocenters. The lowest BCUT2D eigenvalue weighted by atomic mass is 9.97. The normalized spacial score (nSPS) is 12.5. The molecule has 0 bridgehead atoms. The van der Waals surface area contributed by atoms with Crippen LogP contribution in [0.2, 0.25) is 0 Å². The van der Waals surface area contributed by atoms with Crippen molar-refractivity contribution in [1.29, 1.82) is 0 Å². The van der Waals surface area contributed by atoms with Gasteiger partial charge in [-0.05, 0) is 22.8 Å². The van der Waals surface area contributed by atoms with Crippen molar-refractivity contribution in [2.24, 2.45) is 5.73 Å². The summed E-state index contributed by atoms with van der Waals surface area (Å²) < 4.78 is 0. The van der Waals surface area contributed by atoms with Gasteiger partial charge in [-0.3, -0.25) is 0 Å². The molecular formula is C16H15N3. The predicted molar refractivity (Wildman–Crippen MR) is 76.6 cm³/mol. The molecule has 0 amide bonds. The number of benzene rings is 2. The Morgan fingerprint density at radius 3 is 2.53 bits per heavy atom. The number of hydrogen-bond donors (Lipinski definition) is 1. The number of nitrogens with zero attached hydrogens (tertiary/aromatic N) is 2. The van der Waals surface area contributed by atoms with E-state index >= 15 is 0 Å². The summed E-state index contributed by atoms with van der Waals surface area (Å²) >= 11 is 0. The van der Waals surface area contributed by atoms with Crippen LogP contribution in [0, 0.1) is 0 Å². The van der Waals surface area contributed by atoms with Crippen LogP contribution in [0.5, 0.6) is 0 Å². The van der Waals surface area contributed by atoms with Gasteiger partial charge in [-0.25, -0.2) is 9.97 Å². The molecule has 2 aromatic carbocycles. The Kier molecular flexibility index (Phi) is 3.21. The van der Waals surface area contributed by atoms with Crippen molar-refractivity contribution in [3.05, 3.63) is 72.3 Å². The molecule has 3 heteroatoms. The summed E-state index contributed by atoms with van der Waals surface area (Å²) in [4.78, 5) is 8.04.